The van der Waals surface area contributed by atoms with Gasteiger partial charge in [0.05, 0.1) is 23.9 Å². The summed E-state index contributed by atoms with van der Waals surface area (Å²) in [4.78, 5) is 2.27. The smallest absolute Gasteiger partial charge is 0.119 e. The summed E-state index contributed by atoms with van der Waals surface area (Å²) in [6.07, 6.45) is 0. The van der Waals surface area contributed by atoms with E-state index >= 15 is 0 Å². The van der Waals surface area contributed by atoms with Crippen molar-refractivity contribution < 1.29 is 9.47 Å². The van der Waals surface area contributed by atoms with Crippen LogP contribution in [0, 0.1) is 6.92 Å². The van der Waals surface area contributed by atoms with Gasteiger partial charge in [0.25, 0.3) is 0 Å². The van der Waals surface area contributed by atoms with Crippen LogP contribution in [0.25, 0.3) is 0 Å². The van der Waals surface area contributed by atoms with Gasteiger partial charge < -0.3 is 19.7 Å². The predicted molar refractivity (Wildman–Crippen MR) is 124 cm³/mol. The molecule has 0 aromatic heterocycles. The van der Waals surface area contributed by atoms with Crippen molar-refractivity contribution in [2.45, 2.75) is 20.1 Å². The van der Waals surface area contributed by atoms with Crippen LogP contribution in [0.5, 0.6) is 5.75 Å². The third kappa shape index (κ3) is 5.26. The summed E-state index contributed by atoms with van der Waals surface area (Å²) >= 11 is 6.52. The molecule has 156 valence electrons. The molecular weight excluding hydrogens is 396 g/mol. The molecule has 3 aromatic rings. The summed E-state index contributed by atoms with van der Waals surface area (Å²) in [7, 11) is 0. The minimum Gasteiger partial charge on any atom is -0.489 e. The van der Waals surface area contributed by atoms with Crippen molar-refractivity contribution in [1.29, 1.82) is 0 Å². The van der Waals surface area contributed by atoms with E-state index in [-0.39, 0.29) is 0 Å². The summed E-state index contributed by atoms with van der Waals surface area (Å²) < 4.78 is 11.3. The highest BCUT2D eigenvalue weighted by molar-refractivity contribution is 6.33. The normalized spacial score (nSPS) is 13.9. The van der Waals surface area contributed by atoms with E-state index in [1.807, 2.05) is 30.3 Å². The van der Waals surface area contributed by atoms with Gasteiger partial charge in [-0.1, -0.05) is 48.0 Å². The quantitative estimate of drug-likeness (QED) is 0.531. The van der Waals surface area contributed by atoms with Crippen LogP contribution in [-0.4, -0.2) is 26.3 Å². The lowest BCUT2D eigenvalue weighted by atomic mass is 10.1. The Morgan fingerprint density at radius 2 is 1.77 bits per heavy atom. The van der Waals surface area contributed by atoms with Crippen molar-refractivity contribution in [3.63, 3.8) is 0 Å². The van der Waals surface area contributed by atoms with Crippen LogP contribution in [0.4, 0.5) is 11.4 Å². The second-order valence-electron chi connectivity index (χ2n) is 7.48. The van der Waals surface area contributed by atoms with Crippen LogP contribution in [0.3, 0.4) is 0 Å². The van der Waals surface area contributed by atoms with Gasteiger partial charge in [0.2, 0.25) is 0 Å². The molecular formula is C25H27ClN2O2. The first-order valence-electron chi connectivity index (χ1n) is 10.3. The van der Waals surface area contributed by atoms with Gasteiger partial charge in [-0.3, -0.25) is 0 Å². The fourth-order valence-electron chi connectivity index (χ4n) is 3.52. The molecule has 4 nitrogen and oxygen atoms in total. The van der Waals surface area contributed by atoms with Gasteiger partial charge in [0.15, 0.2) is 0 Å². The topological polar surface area (TPSA) is 33.7 Å². The van der Waals surface area contributed by atoms with Crippen molar-refractivity contribution in [1.82, 2.24) is 0 Å². The van der Waals surface area contributed by atoms with E-state index in [2.05, 4.69) is 53.5 Å². The van der Waals surface area contributed by atoms with Crippen LogP contribution in [0.2, 0.25) is 5.02 Å². The Balaban J connectivity index is 1.30. The number of hydrogen-bond acceptors (Lipinski definition) is 4. The van der Waals surface area contributed by atoms with Gasteiger partial charge in [0.1, 0.15) is 12.4 Å². The molecule has 1 aliphatic heterocycles. The standard InChI is InChI=1S/C25H27ClN2O2/c1-19-4-2-3-5-21(19)18-30-23-9-6-20(7-10-23)17-27-22-8-11-25(24(26)16-22)28-12-14-29-15-13-28/h2-11,16,27H,12-15,17-18H2,1H3. The Kier molecular flexibility index (Phi) is 6.77. The maximum Gasteiger partial charge on any atom is 0.119 e. The Bertz CT molecular complexity index is 969. The van der Waals surface area contributed by atoms with E-state index in [0.29, 0.717) is 6.61 Å². The minimum atomic E-state index is 0.582. The molecule has 0 radical (unpaired) electrons. The first kappa shape index (κ1) is 20.6. The van der Waals surface area contributed by atoms with Crippen molar-refractivity contribution in [2.24, 2.45) is 0 Å². The van der Waals surface area contributed by atoms with Crippen LogP contribution < -0.4 is 15.0 Å². The van der Waals surface area contributed by atoms with E-state index in [9.17, 15) is 0 Å². The fourth-order valence-corrected chi connectivity index (χ4v) is 3.82. The number of benzene rings is 3. The maximum absolute atomic E-state index is 6.52. The molecule has 0 aliphatic carbocycles. The summed E-state index contributed by atoms with van der Waals surface area (Å²) in [5.74, 6) is 0.875. The average Bonchev–Trinajstić information content (AvgIpc) is 2.78. The van der Waals surface area contributed by atoms with Crippen molar-refractivity contribution in [3.8, 4) is 5.75 Å². The number of hydrogen-bond donors (Lipinski definition) is 1. The highest BCUT2D eigenvalue weighted by Gasteiger charge is 2.14. The zero-order valence-corrected chi connectivity index (χ0v) is 18.0. The molecule has 3 aromatic carbocycles. The van der Waals surface area contributed by atoms with E-state index in [0.717, 1.165) is 55.0 Å². The summed E-state index contributed by atoms with van der Waals surface area (Å²) in [6.45, 7) is 6.67. The first-order valence-corrected chi connectivity index (χ1v) is 10.7. The van der Waals surface area contributed by atoms with Gasteiger partial charge in [0, 0.05) is 25.3 Å². The number of anilines is 2. The van der Waals surface area contributed by atoms with E-state index < -0.39 is 0 Å². The van der Waals surface area contributed by atoms with Crippen LogP contribution in [0.1, 0.15) is 16.7 Å². The number of aryl methyl sites for hydroxylation is 1. The molecule has 5 heteroatoms. The Hall–Kier alpha value is -2.69. The number of morpholine rings is 1. The molecule has 4 rings (SSSR count). The summed E-state index contributed by atoms with van der Waals surface area (Å²) in [6, 6.07) is 22.7. The van der Waals surface area contributed by atoms with E-state index in [4.69, 9.17) is 21.1 Å². The molecule has 0 atom stereocenters. The molecule has 1 saturated heterocycles. The lowest BCUT2D eigenvalue weighted by Crippen LogP contribution is -2.36. The number of nitrogens with one attached hydrogen (secondary N) is 1. The van der Waals surface area contributed by atoms with Gasteiger partial charge in [-0.25, -0.2) is 0 Å². The highest BCUT2D eigenvalue weighted by Crippen LogP contribution is 2.29. The Labute approximate surface area is 183 Å². The van der Waals surface area contributed by atoms with Crippen molar-refractivity contribution in [3.05, 3.63) is 88.4 Å². The zero-order valence-electron chi connectivity index (χ0n) is 17.2. The molecule has 30 heavy (non-hydrogen) atoms. The molecule has 0 amide bonds. The summed E-state index contributed by atoms with van der Waals surface area (Å²) in [5, 5.41) is 4.21. The molecule has 0 spiro atoms. The molecule has 1 heterocycles. The largest absolute Gasteiger partial charge is 0.489 e. The minimum absolute atomic E-state index is 0.582. The second-order valence-corrected chi connectivity index (χ2v) is 7.89. The van der Waals surface area contributed by atoms with Crippen LogP contribution >= 0.6 is 11.6 Å². The van der Waals surface area contributed by atoms with Crippen LogP contribution in [0.15, 0.2) is 66.7 Å². The van der Waals surface area contributed by atoms with Crippen molar-refractivity contribution >= 4 is 23.0 Å². The SMILES string of the molecule is Cc1ccccc1COc1ccc(CNc2ccc(N3CCOCC3)c(Cl)c2)cc1. The molecule has 1 N–H and O–H groups in total. The molecule has 0 unspecified atom stereocenters. The zero-order chi connectivity index (χ0) is 20.8. The molecule has 0 bridgehead atoms. The van der Waals surface area contributed by atoms with Crippen LogP contribution in [-0.2, 0) is 17.9 Å². The number of ether oxygens (including phenoxy) is 2. The third-order valence-electron chi connectivity index (χ3n) is 5.38. The molecule has 1 aliphatic rings. The number of rotatable bonds is 7. The van der Waals surface area contributed by atoms with Crippen molar-refractivity contribution in [2.75, 3.05) is 36.5 Å². The predicted octanol–water partition coefficient (Wildman–Crippen LogP) is 5.68. The molecule has 1 fully saturated rings. The van der Waals surface area contributed by atoms with E-state index in [1.165, 1.54) is 16.7 Å². The third-order valence-corrected chi connectivity index (χ3v) is 5.68. The maximum atomic E-state index is 6.52. The Morgan fingerprint density at radius 1 is 1.00 bits per heavy atom. The average molecular weight is 423 g/mol. The Morgan fingerprint density at radius 3 is 2.50 bits per heavy atom. The second kappa shape index (κ2) is 9.88. The lowest BCUT2D eigenvalue weighted by Gasteiger charge is -2.29. The van der Waals surface area contributed by atoms with E-state index in [1.54, 1.807) is 0 Å². The summed E-state index contributed by atoms with van der Waals surface area (Å²) in [5.41, 5.74) is 5.72. The number of halogens is 1. The van der Waals surface area contributed by atoms with Gasteiger partial charge in [-0.15, -0.1) is 0 Å². The van der Waals surface area contributed by atoms with Gasteiger partial charge in [-0.05, 0) is 53.9 Å². The highest BCUT2D eigenvalue weighted by atomic mass is 35.5. The number of nitrogens with zero attached hydrogens (tertiary/aromatic N) is 1. The fraction of sp³-hybridized carbons (Fsp3) is 0.280. The monoisotopic (exact) mass is 422 g/mol. The lowest BCUT2D eigenvalue weighted by molar-refractivity contribution is 0.122. The van der Waals surface area contributed by atoms with Gasteiger partial charge >= 0.3 is 0 Å². The molecule has 0 saturated carbocycles. The first-order chi connectivity index (χ1) is 14.7. The van der Waals surface area contributed by atoms with Gasteiger partial charge in [-0.2, -0.15) is 0 Å².